The number of carbonyl (C=O) groups is 1. The van der Waals surface area contributed by atoms with Crippen molar-refractivity contribution < 1.29 is 9.53 Å². The molecule has 0 spiro atoms. The number of amides is 1. The molecule has 22 heavy (non-hydrogen) atoms. The fourth-order valence-electron chi connectivity index (χ4n) is 1.99. The van der Waals surface area contributed by atoms with Gasteiger partial charge in [0.2, 0.25) is 0 Å². The van der Waals surface area contributed by atoms with E-state index in [1.54, 1.807) is 0 Å². The van der Waals surface area contributed by atoms with Crippen LogP contribution in [0.1, 0.15) is 22.8 Å². The Morgan fingerprint density at radius 1 is 1.09 bits per heavy atom. The number of ether oxygens (including phenoxy) is 1. The van der Waals surface area contributed by atoms with Crippen LogP contribution in [0.2, 0.25) is 0 Å². The topological polar surface area (TPSA) is 50.4 Å². The minimum absolute atomic E-state index is 0.0747. The molecule has 0 saturated heterocycles. The van der Waals surface area contributed by atoms with Crippen molar-refractivity contribution in [1.82, 2.24) is 10.6 Å². The van der Waals surface area contributed by atoms with Gasteiger partial charge in [0.1, 0.15) is 12.4 Å². The lowest BCUT2D eigenvalue weighted by molar-refractivity contribution is 0.0948. The van der Waals surface area contributed by atoms with Gasteiger partial charge in [0.05, 0.1) is 0 Å². The number of carbonyl (C=O) groups excluding carboxylic acids is 1. The molecular weight excluding hydrogens is 276 g/mol. The Morgan fingerprint density at radius 3 is 2.50 bits per heavy atom. The molecule has 0 saturated carbocycles. The van der Waals surface area contributed by atoms with Crippen molar-refractivity contribution in [1.29, 1.82) is 0 Å². The zero-order valence-electron chi connectivity index (χ0n) is 13.0. The molecule has 0 radical (unpaired) electrons. The van der Waals surface area contributed by atoms with Crippen LogP contribution in [-0.2, 0) is 6.61 Å². The van der Waals surface area contributed by atoms with Crippen LogP contribution in [0.5, 0.6) is 5.75 Å². The zero-order chi connectivity index (χ0) is 15.8. The summed E-state index contributed by atoms with van der Waals surface area (Å²) in [6.07, 6.45) is 0. The summed E-state index contributed by atoms with van der Waals surface area (Å²) in [5, 5.41) is 6.02. The summed E-state index contributed by atoms with van der Waals surface area (Å²) in [6.45, 7) is 2.98. The number of hydrogen-bond acceptors (Lipinski definition) is 3. The molecule has 2 aromatic carbocycles. The molecule has 1 atom stereocenters. The van der Waals surface area contributed by atoms with Crippen molar-refractivity contribution in [3.8, 4) is 5.75 Å². The zero-order valence-corrected chi connectivity index (χ0v) is 13.0. The largest absolute Gasteiger partial charge is 0.489 e. The predicted molar refractivity (Wildman–Crippen MR) is 88.1 cm³/mol. The minimum atomic E-state index is -0.0747. The number of rotatable bonds is 7. The number of para-hydroxylation sites is 1. The second kappa shape index (κ2) is 8.20. The van der Waals surface area contributed by atoms with Gasteiger partial charge in [-0.25, -0.2) is 0 Å². The summed E-state index contributed by atoms with van der Waals surface area (Å²) < 4.78 is 5.74. The van der Waals surface area contributed by atoms with Crippen LogP contribution < -0.4 is 15.4 Å². The third kappa shape index (κ3) is 4.60. The molecule has 4 nitrogen and oxygen atoms in total. The van der Waals surface area contributed by atoms with Gasteiger partial charge in [-0.3, -0.25) is 4.79 Å². The Hall–Kier alpha value is -2.33. The first kappa shape index (κ1) is 16.0. The van der Waals surface area contributed by atoms with Crippen LogP contribution in [0, 0.1) is 0 Å². The minimum Gasteiger partial charge on any atom is -0.489 e. The lowest BCUT2D eigenvalue weighted by Crippen LogP contribution is -2.37. The van der Waals surface area contributed by atoms with Gasteiger partial charge in [0, 0.05) is 23.7 Å². The van der Waals surface area contributed by atoms with Crippen molar-refractivity contribution in [2.24, 2.45) is 0 Å². The first-order valence-corrected chi connectivity index (χ1v) is 7.42. The molecule has 0 aliphatic carbocycles. The van der Waals surface area contributed by atoms with E-state index in [1.165, 1.54) is 0 Å². The van der Waals surface area contributed by atoms with Gasteiger partial charge in [-0.15, -0.1) is 0 Å². The van der Waals surface area contributed by atoms with Crippen molar-refractivity contribution in [3.05, 3.63) is 65.7 Å². The van der Waals surface area contributed by atoms with Crippen LogP contribution in [0.4, 0.5) is 0 Å². The van der Waals surface area contributed by atoms with Crippen LogP contribution >= 0.6 is 0 Å². The van der Waals surface area contributed by atoms with E-state index in [0.29, 0.717) is 18.7 Å². The number of hydrogen-bond donors (Lipinski definition) is 2. The molecule has 2 rings (SSSR count). The smallest absolute Gasteiger partial charge is 0.251 e. The summed E-state index contributed by atoms with van der Waals surface area (Å²) in [7, 11) is 1.87. The van der Waals surface area contributed by atoms with Gasteiger partial charge in [0.25, 0.3) is 5.91 Å². The van der Waals surface area contributed by atoms with Crippen molar-refractivity contribution in [2.75, 3.05) is 13.6 Å². The summed E-state index contributed by atoms with van der Waals surface area (Å²) in [5.41, 5.74) is 1.53. The fourth-order valence-corrected chi connectivity index (χ4v) is 1.99. The lowest BCUT2D eigenvalue weighted by atomic mass is 10.1. The van der Waals surface area contributed by atoms with E-state index in [-0.39, 0.29) is 11.9 Å². The van der Waals surface area contributed by atoms with Gasteiger partial charge in [-0.2, -0.15) is 0 Å². The molecular formula is C18H22N2O2. The van der Waals surface area contributed by atoms with E-state index >= 15 is 0 Å². The van der Waals surface area contributed by atoms with E-state index in [4.69, 9.17) is 4.74 Å². The van der Waals surface area contributed by atoms with Gasteiger partial charge < -0.3 is 15.4 Å². The average Bonchev–Trinajstić information content (AvgIpc) is 2.58. The standard InChI is InChI=1S/C18H22N2O2/c1-14(19-2)12-20-18(21)17-11-7-6-8-15(17)13-22-16-9-4-3-5-10-16/h3-11,14,19H,12-13H2,1-2H3,(H,20,21). The van der Waals surface area contributed by atoms with Crippen molar-refractivity contribution in [2.45, 2.75) is 19.6 Å². The highest BCUT2D eigenvalue weighted by Gasteiger charge is 2.11. The third-order valence-electron chi connectivity index (χ3n) is 3.46. The maximum Gasteiger partial charge on any atom is 0.251 e. The van der Waals surface area contributed by atoms with Crippen LogP contribution in [0.25, 0.3) is 0 Å². The molecule has 0 aliphatic rings. The average molecular weight is 298 g/mol. The third-order valence-corrected chi connectivity index (χ3v) is 3.46. The van der Waals surface area contributed by atoms with Gasteiger partial charge in [0.15, 0.2) is 0 Å². The highest BCUT2D eigenvalue weighted by atomic mass is 16.5. The molecule has 0 aliphatic heterocycles. The fraction of sp³-hybridized carbons (Fsp3) is 0.278. The molecule has 2 aromatic rings. The predicted octanol–water partition coefficient (Wildman–Crippen LogP) is 2.60. The number of benzene rings is 2. The summed E-state index contributed by atoms with van der Waals surface area (Å²) in [4.78, 5) is 12.3. The Morgan fingerprint density at radius 2 is 1.77 bits per heavy atom. The van der Waals surface area contributed by atoms with Crippen molar-refractivity contribution in [3.63, 3.8) is 0 Å². The van der Waals surface area contributed by atoms with Gasteiger partial charge in [-0.05, 0) is 32.2 Å². The Balaban J connectivity index is 2.01. The number of likely N-dealkylation sites (N-methyl/N-ethyl adjacent to an activating group) is 1. The molecule has 0 fully saturated rings. The molecule has 0 heterocycles. The normalized spacial score (nSPS) is 11.7. The Labute approximate surface area is 131 Å². The first-order chi connectivity index (χ1) is 10.7. The first-order valence-electron chi connectivity index (χ1n) is 7.42. The van der Waals surface area contributed by atoms with Crippen LogP contribution in [0.15, 0.2) is 54.6 Å². The molecule has 1 unspecified atom stereocenters. The van der Waals surface area contributed by atoms with E-state index < -0.39 is 0 Å². The second-order valence-electron chi connectivity index (χ2n) is 5.16. The SMILES string of the molecule is CNC(C)CNC(=O)c1ccccc1COc1ccccc1. The van der Waals surface area contributed by atoms with E-state index in [0.717, 1.165) is 11.3 Å². The molecule has 1 amide bonds. The Bertz CT molecular complexity index is 599. The monoisotopic (exact) mass is 298 g/mol. The van der Waals surface area contributed by atoms with E-state index in [1.807, 2.05) is 68.6 Å². The quantitative estimate of drug-likeness (QED) is 0.826. The molecule has 0 aromatic heterocycles. The molecule has 4 heteroatoms. The maximum absolute atomic E-state index is 12.3. The summed E-state index contributed by atoms with van der Waals surface area (Å²) in [5.74, 6) is 0.718. The van der Waals surface area contributed by atoms with E-state index in [2.05, 4.69) is 10.6 Å². The van der Waals surface area contributed by atoms with Gasteiger partial charge in [-0.1, -0.05) is 36.4 Å². The van der Waals surface area contributed by atoms with E-state index in [9.17, 15) is 4.79 Å². The molecule has 2 N–H and O–H groups in total. The maximum atomic E-state index is 12.3. The van der Waals surface area contributed by atoms with Crippen LogP contribution in [-0.4, -0.2) is 25.5 Å². The van der Waals surface area contributed by atoms with Crippen molar-refractivity contribution >= 4 is 5.91 Å². The van der Waals surface area contributed by atoms with Crippen LogP contribution in [0.3, 0.4) is 0 Å². The lowest BCUT2D eigenvalue weighted by Gasteiger charge is -2.14. The molecule has 116 valence electrons. The number of nitrogens with one attached hydrogen (secondary N) is 2. The van der Waals surface area contributed by atoms with Gasteiger partial charge >= 0.3 is 0 Å². The Kier molecular flexibility index (Phi) is 5.98. The molecule has 0 bridgehead atoms. The summed E-state index contributed by atoms with van der Waals surface area (Å²) >= 11 is 0. The second-order valence-corrected chi connectivity index (χ2v) is 5.16. The highest BCUT2D eigenvalue weighted by molar-refractivity contribution is 5.95. The highest BCUT2D eigenvalue weighted by Crippen LogP contribution is 2.14. The summed E-state index contributed by atoms with van der Waals surface area (Å²) in [6, 6.07) is 17.3.